The second kappa shape index (κ2) is 6.24. The third-order valence-electron chi connectivity index (χ3n) is 4.11. The summed E-state index contributed by atoms with van der Waals surface area (Å²) in [4.78, 5) is 1.53. The number of nitrogens with zero attached hydrogens (tertiary/aromatic N) is 1. The van der Waals surface area contributed by atoms with Crippen molar-refractivity contribution in [3.05, 3.63) is 0 Å². The molecule has 5 heteroatoms. The first-order chi connectivity index (χ1) is 8.53. The second-order valence-corrected chi connectivity index (χ2v) is 5.81. The fourth-order valence-electron chi connectivity index (χ4n) is 3.18. The van der Waals surface area contributed by atoms with Gasteiger partial charge in [0.05, 0.1) is 6.54 Å². The Morgan fingerprint density at radius 2 is 1.67 bits per heavy atom. The van der Waals surface area contributed by atoms with Crippen molar-refractivity contribution < 1.29 is 13.2 Å². The van der Waals surface area contributed by atoms with Gasteiger partial charge in [-0.2, -0.15) is 13.2 Å². The van der Waals surface area contributed by atoms with E-state index in [1.54, 1.807) is 0 Å². The van der Waals surface area contributed by atoms with Gasteiger partial charge in [0, 0.05) is 6.54 Å². The summed E-state index contributed by atoms with van der Waals surface area (Å²) in [6.45, 7) is 2.37. The molecule has 2 aliphatic rings. The fraction of sp³-hybridized carbons (Fsp3) is 1.00. The van der Waals surface area contributed by atoms with Crippen LogP contribution in [0.2, 0.25) is 0 Å². The van der Waals surface area contributed by atoms with Crippen molar-refractivity contribution in [2.75, 3.05) is 32.7 Å². The zero-order chi connectivity index (χ0) is 13.0. The Balaban J connectivity index is 1.57. The van der Waals surface area contributed by atoms with Crippen LogP contribution in [0.4, 0.5) is 13.2 Å². The Morgan fingerprint density at radius 1 is 1.00 bits per heavy atom. The average molecular weight is 264 g/mol. The molecule has 2 fully saturated rings. The van der Waals surface area contributed by atoms with Gasteiger partial charge in [-0.3, -0.25) is 4.90 Å². The lowest BCUT2D eigenvalue weighted by Gasteiger charge is -2.18. The SMILES string of the molecule is FC(F)(F)CN1CCC(CNCC2CCCC2)C1. The van der Waals surface area contributed by atoms with Gasteiger partial charge in [0.2, 0.25) is 0 Å². The molecule has 1 heterocycles. The Labute approximate surface area is 107 Å². The molecule has 2 nitrogen and oxygen atoms in total. The van der Waals surface area contributed by atoms with Crippen LogP contribution in [-0.4, -0.2) is 43.8 Å². The Hall–Kier alpha value is -0.290. The molecule has 2 rings (SSSR count). The zero-order valence-corrected chi connectivity index (χ0v) is 10.8. The summed E-state index contributed by atoms with van der Waals surface area (Å²) in [6.07, 6.45) is 2.17. The Bertz CT molecular complexity index is 249. The fourth-order valence-corrected chi connectivity index (χ4v) is 3.18. The smallest absolute Gasteiger partial charge is 0.316 e. The maximum Gasteiger partial charge on any atom is 0.401 e. The van der Waals surface area contributed by atoms with Crippen molar-refractivity contribution in [3.63, 3.8) is 0 Å². The lowest BCUT2D eigenvalue weighted by molar-refractivity contribution is -0.143. The quantitative estimate of drug-likeness (QED) is 0.821. The molecule has 1 N–H and O–H groups in total. The van der Waals surface area contributed by atoms with Gasteiger partial charge in [-0.25, -0.2) is 0 Å². The largest absolute Gasteiger partial charge is 0.401 e. The number of rotatable bonds is 5. The van der Waals surface area contributed by atoms with Crippen molar-refractivity contribution >= 4 is 0 Å². The predicted molar refractivity (Wildman–Crippen MR) is 65.4 cm³/mol. The molecular formula is C13H23F3N2. The molecule has 0 bridgehead atoms. The third-order valence-corrected chi connectivity index (χ3v) is 4.11. The molecule has 1 saturated heterocycles. The van der Waals surface area contributed by atoms with E-state index in [1.807, 2.05) is 0 Å². The monoisotopic (exact) mass is 264 g/mol. The topological polar surface area (TPSA) is 15.3 Å². The molecule has 1 aliphatic carbocycles. The number of halogens is 3. The van der Waals surface area contributed by atoms with Gasteiger partial charge in [-0.05, 0) is 50.7 Å². The highest BCUT2D eigenvalue weighted by molar-refractivity contribution is 4.79. The predicted octanol–water partition coefficient (Wildman–Crippen LogP) is 2.65. The number of hydrogen-bond acceptors (Lipinski definition) is 2. The van der Waals surface area contributed by atoms with Crippen molar-refractivity contribution in [3.8, 4) is 0 Å². The summed E-state index contributed by atoms with van der Waals surface area (Å²) in [6, 6.07) is 0. The molecule has 0 amide bonds. The molecule has 1 saturated carbocycles. The van der Waals surface area contributed by atoms with E-state index in [1.165, 1.54) is 30.6 Å². The Kier molecular flexibility index (Phi) is 4.90. The summed E-state index contributed by atoms with van der Waals surface area (Å²) < 4.78 is 36.7. The van der Waals surface area contributed by atoms with Gasteiger partial charge >= 0.3 is 6.18 Å². The maximum absolute atomic E-state index is 12.2. The summed E-state index contributed by atoms with van der Waals surface area (Å²) in [5.41, 5.74) is 0. The van der Waals surface area contributed by atoms with Gasteiger partial charge in [-0.15, -0.1) is 0 Å². The van der Waals surface area contributed by atoms with E-state index < -0.39 is 12.7 Å². The number of hydrogen-bond donors (Lipinski definition) is 1. The summed E-state index contributed by atoms with van der Waals surface area (Å²) in [7, 11) is 0. The lowest BCUT2D eigenvalue weighted by atomic mass is 10.1. The molecule has 0 aromatic carbocycles. The lowest BCUT2D eigenvalue weighted by Crippen LogP contribution is -2.34. The molecule has 0 spiro atoms. The van der Waals surface area contributed by atoms with Gasteiger partial charge in [-0.1, -0.05) is 12.8 Å². The minimum absolute atomic E-state index is 0.397. The minimum Gasteiger partial charge on any atom is -0.316 e. The first kappa shape index (κ1) is 14.1. The number of alkyl halides is 3. The van der Waals surface area contributed by atoms with E-state index in [0.717, 1.165) is 25.4 Å². The molecule has 1 aliphatic heterocycles. The Morgan fingerprint density at radius 3 is 2.33 bits per heavy atom. The second-order valence-electron chi connectivity index (χ2n) is 5.81. The number of nitrogens with one attached hydrogen (secondary N) is 1. The van der Waals surface area contributed by atoms with Crippen molar-refractivity contribution in [1.82, 2.24) is 10.2 Å². The third kappa shape index (κ3) is 4.76. The van der Waals surface area contributed by atoms with Gasteiger partial charge < -0.3 is 5.32 Å². The van der Waals surface area contributed by atoms with Gasteiger partial charge in [0.1, 0.15) is 0 Å². The molecule has 18 heavy (non-hydrogen) atoms. The van der Waals surface area contributed by atoms with Crippen LogP contribution in [0.3, 0.4) is 0 Å². The van der Waals surface area contributed by atoms with Crippen LogP contribution < -0.4 is 5.32 Å². The van der Waals surface area contributed by atoms with E-state index in [2.05, 4.69) is 5.32 Å². The van der Waals surface area contributed by atoms with Crippen LogP contribution in [0.1, 0.15) is 32.1 Å². The van der Waals surface area contributed by atoms with Crippen LogP contribution in [0.25, 0.3) is 0 Å². The van der Waals surface area contributed by atoms with Crippen LogP contribution in [0.15, 0.2) is 0 Å². The van der Waals surface area contributed by atoms with E-state index in [0.29, 0.717) is 19.0 Å². The highest BCUT2D eigenvalue weighted by atomic mass is 19.4. The van der Waals surface area contributed by atoms with Gasteiger partial charge in [0.15, 0.2) is 0 Å². The first-order valence-corrected chi connectivity index (χ1v) is 7.03. The van der Waals surface area contributed by atoms with E-state index in [9.17, 15) is 13.2 Å². The van der Waals surface area contributed by atoms with Crippen LogP contribution in [-0.2, 0) is 0 Å². The van der Waals surface area contributed by atoms with Crippen LogP contribution in [0.5, 0.6) is 0 Å². The zero-order valence-electron chi connectivity index (χ0n) is 10.8. The van der Waals surface area contributed by atoms with Crippen molar-refractivity contribution in [1.29, 1.82) is 0 Å². The maximum atomic E-state index is 12.2. The number of likely N-dealkylation sites (tertiary alicyclic amines) is 1. The molecule has 0 aromatic heterocycles. The molecule has 1 unspecified atom stereocenters. The molecular weight excluding hydrogens is 241 g/mol. The first-order valence-electron chi connectivity index (χ1n) is 7.03. The van der Waals surface area contributed by atoms with Crippen molar-refractivity contribution in [2.24, 2.45) is 11.8 Å². The highest BCUT2D eigenvalue weighted by Gasteiger charge is 2.34. The highest BCUT2D eigenvalue weighted by Crippen LogP contribution is 2.25. The molecule has 0 radical (unpaired) electrons. The molecule has 1 atom stereocenters. The molecule has 0 aromatic rings. The average Bonchev–Trinajstić information content (AvgIpc) is 2.88. The van der Waals surface area contributed by atoms with E-state index in [4.69, 9.17) is 0 Å². The van der Waals surface area contributed by atoms with Crippen molar-refractivity contribution in [2.45, 2.75) is 38.3 Å². The van der Waals surface area contributed by atoms with Crippen LogP contribution >= 0.6 is 0 Å². The van der Waals surface area contributed by atoms with E-state index in [-0.39, 0.29) is 0 Å². The molecule has 106 valence electrons. The van der Waals surface area contributed by atoms with Crippen LogP contribution in [0, 0.1) is 11.8 Å². The normalized spacial score (nSPS) is 27.2. The standard InChI is InChI=1S/C13H23F3N2/c14-13(15,16)10-18-6-5-12(9-18)8-17-7-11-3-1-2-4-11/h11-12,17H,1-10H2. The summed E-state index contributed by atoms with van der Waals surface area (Å²) >= 11 is 0. The van der Waals surface area contributed by atoms with Gasteiger partial charge in [0.25, 0.3) is 0 Å². The summed E-state index contributed by atoms with van der Waals surface area (Å²) in [5.74, 6) is 1.20. The van der Waals surface area contributed by atoms with E-state index >= 15 is 0 Å². The minimum atomic E-state index is -4.05. The summed E-state index contributed by atoms with van der Waals surface area (Å²) in [5, 5.41) is 3.44.